The molecule has 0 spiro atoms. The van der Waals surface area contributed by atoms with E-state index >= 15 is 0 Å². The molecule has 2 aromatic heterocycles. The Morgan fingerprint density at radius 1 is 1.00 bits per heavy atom. The molecule has 5 nitrogen and oxygen atoms in total. The molecule has 27 heavy (non-hydrogen) atoms. The average molecular weight is 377 g/mol. The molecule has 0 atom stereocenters. The fourth-order valence-electron chi connectivity index (χ4n) is 3.03. The van der Waals surface area contributed by atoms with E-state index in [-0.39, 0.29) is 0 Å². The summed E-state index contributed by atoms with van der Waals surface area (Å²) in [5, 5.41) is 0. The summed E-state index contributed by atoms with van der Waals surface area (Å²) in [5.74, 6) is 1.67. The van der Waals surface area contributed by atoms with Gasteiger partial charge in [0.05, 0.1) is 19.4 Å². The summed E-state index contributed by atoms with van der Waals surface area (Å²) in [6.07, 6.45) is 3.78. The summed E-state index contributed by atoms with van der Waals surface area (Å²) in [6.45, 7) is 2.62. The van der Waals surface area contributed by atoms with Gasteiger partial charge >= 0.3 is 0 Å². The number of aromatic amines is 1. The number of hydrogen-bond acceptors (Lipinski definition) is 4. The Bertz CT molecular complexity index is 1130. The minimum atomic E-state index is 0.510. The Morgan fingerprint density at radius 2 is 1.67 bits per heavy atom. The predicted molar refractivity (Wildman–Crippen MR) is 109 cm³/mol. The normalized spacial score (nSPS) is 10.9. The molecule has 4 rings (SSSR count). The minimum Gasteiger partial charge on any atom is -0.497 e. The van der Waals surface area contributed by atoms with Gasteiger partial charge in [-0.25, -0.2) is 4.98 Å². The van der Waals surface area contributed by atoms with E-state index < -0.39 is 0 Å². The number of H-pyrrole nitrogens is 1. The van der Waals surface area contributed by atoms with Crippen LogP contribution in [0.4, 0.5) is 0 Å². The molecule has 0 aliphatic carbocycles. The Kier molecular flexibility index (Phi) is 4.64. The first-order chi connectivity index (χ1) is 13.2. The predicted octanol–water partition coefficient (Wildman–Crippen LogP) is 5.13. The lowest BCUT2D eigenvalue weighted by atomic mass is 10.1. The van der Waals surface area contributed by atoms with Crippen LogP contribution in [-0.2, 0) is 0 Å². The van der Waals surface area contributed by atoms with Crippen molar-refractivity contribution in [1.29, 1.82) is 0 Å². The topological polar surface area (TPSA) is 51.6 Å². The van der Waals surface area contributed by atoms with E-state index in [0.717, 1.165) is 39.5 Å². The monoisotopic (exact) mass is 377 g/mol. The molecular formula is C21H19N3O2S. The number of nitrogens with zero attached hydrogens (tertiary/aromatic N) is 2. The molecular weight excluding hydrogens is 358 g/mol. The first-order valence-electron chi connectivity index (χ1n) is 8.67. The molecule has 0 aliphatic heterocycles. The third-order valence-corrected chi connectivity index (χ3v) is 4.70. The summed E-state index contributed by atoms with van der Waals surface area (Å²) < 4.78 is 13.2. The highest BCUT2D eigenvalue weighted by Gasteiger charge is 2.11. The number of imidazole rings is 1. The van der Waals surface area contributed by atoms with Gasteiger partial charge in [0, 0.05) is 18.0 Å². The molecule has 0 bridgehead atoms. The second kappa shape index (κ2) is 7.25. The highest BCUT2D eigenvalue weighted by atomic mass is 32.1. The number of nitrogens with one attached hydrogen (secondary N) is 1. The molecule has 4 aromatic rings. The first-order valence-corrected chi connectivity index (χ1v) is 9.08. The van der Waals surface area contributed by atoms with Crippen LogP contribution in [0.5, 0.6) is 11.5 Å². The molecule has 0 aliphatic rings. The lowest BCUT2D eigenvalue weighted by Crippen LogP contribution is -1.92. The van der Waals surface area contributed by atoms with Crippen LogP contribution in [0.25, 0.3) is 28.0 Å². The highest BCUT2D eigenvalue weighted by Crippen LogP contribution is 2.28. The van der Waals surface area contributed by atoms with Crippen LogP contribution < -0.4 is 9.47 Å². The smallest absolute Gasteiger partial charge is 0.205 e. The van der Waals surface area contributed by atoms with Gasteiger partial charge in [-0.15, -0.1) is 0 Å². The van der Waals surface area contributed by atoms with E-state index in [1.54, 1.807) is 13.3 Å². The SMILES string of the molecule is CCOc1ccc(-c2cn3c(=S)ncc(-c4ccc(OC)cc4)c3[nH]2)cc1. The quantitative estimate of drug-likeness (QED) is 0.490. The van der Waals surface area contributed by atoms with Crippen LogP contribution in [0, 0.1) is 4.77 Å². The largest absolute Gasteiger partial charge is 0.497 e. The van der Waals surface area contributed by atoms with E-state index in [0.29, 0.717) is 11.4 Å². The van der Waals surface area contributed by atoms with Gasteiger partial charge in [-0.1, -0.05) is 12.1 Å². The number of benzene rings is 2. The zero-order valence-electron chi connectivity index (χ0n) is 15.1. The van der Waals surface area contributed by atoms with Gasteiger partial charge in [-0.3, -0.25) is 4.40 Å². The van der Waals surface area contributed by atoms with E-state index in [1.807, 2.05) is 66.1 Å². The number of fused-ring (bicyclic) bond motifs is 1. The average Bonchev–Trinajstić information content (AvgIpc) is 3.16. The lowest BCUT2D eigenvalue weighted by Gasteiger charge is -2.05. The molecule has 0 saturated carbocycles. The number of methoxy groups -OCH3 is 1. The van der Waals surface area contributed by atoms with Crippen molar-refractivity contribution in [2.45, 2.75) is 6.92 Å². The third-order valence-electron chi connectivity index (χ3n) is 4.39. The zero-order valence-corrected chi connectivity index (χ0v) is 15.9. The Labute approximate surface area is 162 Å². The van der Waals surface area contributed by atoms with Crippen molar-refractivity contribution in [3.05, 3.63) is 65.7 Å². The summed E-state index contributed by atoms with van der Waals surface area (Å²) in [5.41, 5.74) is 4.94. The maximum Gasteiger partial charge on any atom is 0.205 e. The first kappa shape index (κ1) is 17.3. The molecule has 136 valence electrons. The molecule has 0 amide bonds. The second-order valence-electron chi connectivity index (χ2n) is 6.03. The fourth-order valence-corrected chi connectivity index (χ4v) is 3.23. The number of hydrogen-bond donors (Lipinski definition) is 1. The van der Waals surface area contributed by atoms with E-state index in [9.17, 15) is 0 Å². The van der Waals surface area contributed by atoms with Gasteiger partial charge in [-0.2, -0.15) is 0 Å². The van der Waals surface area contributed by atoms with Crippen molar-refractivity contribution < 1.29 is 9.47 Å². The summed E-state index contributed by atoms with van der Waals surface area (Å²) in [7, 11) is 1.66. The molecule has 2 aromatic carbocycles. The van der Waals surface area contributed by atoms with Crippen molar-refractivity contribution >= 4 is 17.9 Å². The lowest BCUT2D eigenvalue weighted by molar-refractivity contribution is 0.340. The molecule has 1 N–H and O–H groups in total. The van der Waals surface area contributed by atoms with Crippen LogP contribution in [0.2, 0.25) is 0 Å². The van der Waals surface area contributed by atoms with Gasteiger partial charge in [0.2, 0.25) is 4.77 Å². The summed E-state index contributed by atoms with van der Waals surface area (Å²) in [6, 6.07) is 15.9. The molecule has 0 saturated heterocycles. The van der Waals surface area contributed by atoms with Crippen molar-refractivity contribution in [2.75, 3.05) is 13.7 Å². The van der Waals surface area contributed by atoms with Gasteiger partial charge in [0.15, 0.2) is 0 Å². The van der Waals surface area contributed by atoms with Crippen LogP contribution in [0.15, 0.2) is 60.9 Å². The molecule has 0 radical (unpaired) electrons. The van der Waals surface area contributed by atoms with E-state index in [1.165, 1.54) is 0 Å². The summed E-state index contributed by atoms with van der Waals surface area (Å²) in [4.78, 5) is 7.86. The van der Waals surface area contributed by atoms with Gasteiger partial charge in [0.25, 0.3) is 0 Å². The Balaban J connectivity index is 1.81. The number of aromatic nitrogens is 3. The van der Waals surface area contributed by atoms with Crippen molar-refractivity contribution in [1.82, 2.24) is 14.4 Å². The van der Waals surface area contributed by atoms with E-state index in [4.69, 9.17) is 21.7 Å². The van der Waals surface area contributed by atoms with Gasteiger partial charge in [0.1, 0.15) is 17.1 Å². The number of rotatable bonds is 5. The number of ether oxygens (including phenoxy) is 2. The zero-order chi connectivity index (χ0) is 18.8. The fraction of sp³-hybridized carbons (Fsp3) is 0.143. The van der Waals surface area contributed by atoms with Gasteiger partial charge in [-0.05, 0) is 66.7 Å². The Morgan fingerprint density at radius 3 is 2.33 bits per heavy atom. The minimum absolute atomic E-state index is 0.510. The third kappa shape index (κ3) is 3.31. The van der Waals surface area contributed by atoms with Crippen molar-refractivity contribution in [2.24, 2.45) is 0 Å². The van der Waals surface area contributed by atoms with Crippen LogP contribution in [0.1, 0.15) is 6.92 Å². The standard InChI is InChI=1S/C21H19N3O2S/c1-3-26-17-10-6-15(7-11-17)19-13-24-20(23-19)18(12-22-21(24)27)14-4-8-16(25-2)9-5-14/h4-13,23H,3H2,1-2H3. The maximum absolute atomic E-state index is 5.52. The summed E-state index contributed by atoms with van der Waals surface area (Å²) >= 11 is 5.41. The highest BCUT2D eigenvalue weighted by molar-refractivity contribution is 7.71. The maximum atomic E-state index is 5.52. The second-order valence-corrected chi connectivity index (χ2v) is 6.39. The van der Waals surface area contributed by atoms with Crippen LogP contribution >= 0.6 is 12.2 Å². The Hall–Kier alpha value is -3.12. The molecule has 2 heterocycles. The van der Waals surface area contributed by atoms with Crippen molar-refractivity contribution in [3.63, 3.8) is 0 Å². The van der Waals surface area contributed by atoms with Crippen LogP contribution in [-0.4, -0.2) is 28.1 Å². The van der Waals surface area contributed by atoms with E-state index in [2.05, 4.69) is 9.97 Å². The van der Waals surface area contributed by atoms with Crippen LogP contribution in [0.3, 0.4) is 0 Å². The van der Waals surface area contributed by atoms with Gasteiger partial charge < -0.3 is 14.5 Å². The molecule has 0 unspecified atom stereocenters. The van der Waals surface area contributed by atoms with Crippen molar-refractivity contribution in [3.8, 4) is 33.9 Å². The molecule has 0 fully saturated rings. The molecule has 6 heteroatoms.